The summed E-state index contributed by atoms with van der Waals surface area (Å²) in [6.45, 7) is 6.21. The molecule has 1 aliphatic heterocycles. The molecule has 0 unspecified atom stereocenters. The van der Waals surface area contributed by atoms with Gasteiger partial charge in [0.2, 0.25) is 5.91 Å². The minimum atomic E-state index is -0.138. The largest absolute Gasteiger partial charge is 0.315 e. The Hall–Kier alpha value is -1.38. The third-order valence-electron chi connectivity index (χ3n) is 5.39. The number of hydrogen-bond donors (Lipinski definition) is 1. The Morgan fingerprint density at radius 1 is 1.33 bits per heavy atom. The summed E-state index contributed by atoms with van der Waals surface area (Å²) in [6.07, 6.45) is 8.00. The summed E-state index contributed by atoms with van der Waals surface area (Å²) in [7, 11) is 0. The second-order valence-corrected chi connectivity index (χ2v) is 8.39. The third kappa shape index (κ3) is 3.65. The van der Waals surface area contributed by atoms with Gasteiger partial charge in [0, 0.05) is 11.4 Å². The van der Waals surface area contributed by atoms with Crippen LogP contribution in [0, 0.1) is 17.2 Å². The molecule has 1 N–H and O–H groups in total. The molecule has 0 aromatic carbocycles. The molecule has 1 saturated heterocycles. The molecule has 4 nitrogen and oxygen atoms in total. The van der Waals surface area contributed by atoms with Crippen LogP contribution in [0.3, 0.4) is 0 Å². The molecule has 1 fully saturated rings. The molecule has 0 saturated carbocycles. The van der Waals surface area contributed by atoms with Crippen molar-refractivity contribution in [2.24, 2.45) is 5.92 Å². The van der Waals surface area contributed by atoms with E-state index in [0.29, 0.717) is 11.5 Å². The maximum absolute atomic E-state index is 12.7. The van der Waals surface area contributed by atoms with E-state index < -0.39 is 0 Å². The molecule has 130 valence electrons. The topological polar surface area (TPSA) is 56.1 Å². The molecular weight excluding hydrogens is 318 g/mol. The van der Waals surface area contributed by atoms with Crippen LogP contribution in [0.5, 0.6) is 0 Å². The van der Waals surface area contributed by atoms with Crippen molar-refractivity contribution in [3.05, 3.63) is 16.0 Å². The van der Waals surface area contributed by atoms with E-state index in [1.165, 1.54) is 29.7 Å². The molecule has 2 atom stereocenters. The zero-order valence-corrected chi connectivity index (χ0v) is 15.5. The van der Waals surface area contributed by atoms with Gasteiger partial charge in [-0.3, -0.25) is 9.69 Å². The number of likely N-dealkylation sites (tertiary alicyclic amines) is 1. The van der Waals surface area contributed by atoms with E-state index in [-0.39, 0.29) is 11.9 Å². The van der Waals surface area contributed by atoms with Gasteiger partial charge in [-0.05, 0) is 63.5 Å². The van der Waals surface area contributed by atoms with Crippen LogP contribution in [0.25, 0.3) is 0 Å². The van der Waals surface area contributed by atoms with Gasteiger partial charge < -0.3 is 5.32 Å². The summed E-state index contributed by atoms with van der Waals surface area (Å²) in [5, 5.41) is 13.4. The van der Waals surface area contributed by atoms with Gasteiger partial charge in [0.1, 0.15) is 11.1 Å². The number of thiophene rings is 1. The Kier molecular flexibility index (Phi) is 5.57. The molecule has 2 heterocycles. The van der Waals surface area contributed by atoms with Crippen LogP contribution in [-0.2, 0) is 17.6 Å². The van der Waals surface area contributed by atoms with Crippen molar-refractivity contribution >= 4 is 22.2 Å². The molecule has 1 aromatic heterocycles. The Balaban J connectivity index is 1.73. The second-order valence-electron chi connectivity index (χ2n) is 7.29. The molecule has 0 spiro atoms. The van der Waals surface area contributed by atoms with Crippen LogP contribution >= 0.6 is 11.3 Å². The number of carbonyl (C=O) groups is 1. The Morgan fingerprint density at radius 2 is 2.12 bits per heavy atom. The van der Waals surface area contributed by atoms with Gasteiger partial charge in [0.05, 0.1) is 11.6 Å². The highest BCUT2D eigenvalue weighted by atomic mass is 32.1. The first kappa shape index (κ1) is 17.4. The SMILES string of the molecule is C[C@H]1CCCN([C@H](C)C(=O)Nc2sc3c(c2C#N)CCCCC3)C1. The van der Waals surface area contributed by atoms with Crippen LogP contribution in [0.2, 0.25) is 0 Å². The number of nitrogens with zero attached hydrogens (tertiary/aromatic N) is 2. The van der Waals surface area contributed by atoms with Crippen molar-refractivity contribution in [2.75, 3.05) is 18.4 Å². The van der Waals surface area contributed by atoms with E-state index in [2.05, 4.69) is 23.2 Å². The Labute approximate surface area is 148 Å². The number of nitrogens with one attached hydrogen (secondary N) is 1. The van der Waals surface area contributed by atoms with E-state index in [4.69, 9.17) is 0 Å². The average Bonchev–Trinajstić information content (AvgIpc) is 2.74. The minimum Gasteiger partial charge on any atom is -0.315 e. The quantitative estimate of drug-likeness (QED) is 0.844. The fourth-order valence-electron chi connectivity index (χ4n) is 3.91. The lowest BCUT2D eigenvalue weighted by atomic mass is 9.99. The van der Waals surface area contributed by atoms with Gasteiger partial charge in [-0.15, -0.1) is 11.3 Å². The normalized spacial score (nSPS) is 23.0. The zero-order valence-electron chi connectivity index (χ0n) is 14.7. The number of amides is 1. The monoisotopic (exact) mass is 345 g/mol. The summed E-state index contributed by atoms with van der Waals surface area (Å²) in [4.78, 5) is 16.3. The molecular formula is C19H27N3OS. The fraction of sp³-hybridized carbons (Fsp3) is 0.684. The maximum Gasteiger partial charge on any atom is 0.242 e. The molecule has 0 radical (unpaired) electrons. The highest BCUT2D eigenvalue weighted by Gasteiger charge is 2.27. The van der Waals surface area contributed by atoms with Gasteiger partial charge in [-0.2, -0.15) is 5.26 Å². The molecule has 2 aliphatic rings. The standard InChI is InChI=1S/C19H27N3OS/c1-13-7-6-10-22(12-13)14(2)18(23)21-19-16(11-20)15-8-4-3-5-9-17(15)24-19/h13-14H,3-10,12H2,1-2H3,(H,21,23)/t13-,14+/m0/s1. The average molecular weight is 346 g/mol. The number of anilines is 1. The minimum absolute atomic E-state index is 0.0250. The summed E-state index contributed by atoms with van der Waals surface area (Å²) in [5.74, 6) is 0.679. The number of carbonyl (C=O) groups excluding carboxylic acids is 1. The van der Waals surface area contributed by atoms with Gasteiger partial charge in [0.25, 0.3) is 0 Å². The van der Waals surface area contributed by atoms with Crippen LogP contribution in [0.15, 0.2) is 0 Å². The second kappa shape index (κ2) is 7.67. The van der Waals surface area contributed by atoms with E-state index in [0.717, 1.165) is 43.8 Å². The Morgan fingerprint density at radius 3 is 2.88 bits per heavy atom. The van der Waals surface area contributed by atoms with Crippen LogP contribution in [0.4, 0.5) is 5.00 Å². The first-order valence-electron chi connectivity index (χ1n) is 9.19. The molecule has 1 aromatic rings. The lowest BCUT2D eigenvalue weighted by Crippen LogP contribution is -2.46. The summed E-state index contributed by atoms with van der Waals surface area (Å²) in [6, 6.07) is 2.21. The number of nitriles is 1. The first-order chi connectivity index (χ1) is 11.6. The number of fused-ring (bicyclic) bond motifs is 1. The van der Waals surface area contributed by atoms with Gasteiger partial charge in [-0.25, -0.2) is 0 Å². The van der Waals surface area contributed by atoms with Crippen molar-refractivity contribution in [3.8, 4) is 6.07 Å². The molecule has 1 amide bonds. The first-order valence-corrected chi connectivity index (χ1v) is 10.0. The summed E-state index contributed by atoms with van der Waals surface area (Å²) < 4.78 is 0. The third-order valence-corrected chi connectivity index (χ3v) is 6.59. The van der Waals surface area contributed by atoms with Crippen molar-refractivity contribution in [2.45, 2.75) is 64.8 Å². The predicted molar refractivity (Wildman–Crippen MR) is 98.4 cm³/mol. The number of hydrogen-bond acceptors (Lipinski definition) is 4. The van der Waals surface area contributed by atoms with Crippen molar-refractivity contribution in [1.29, 1.82) is 5.26 Å². The van der Waals surface area contributed by atoms with Crippen molar-refractivity contribution in [3.63, 3.8) is 0 Å². The lowest BCUT2D eigenvalue weighted by Gasteiger charge is -2.34. The Bertz CT molecular complexity index is 646. The number of aryl methyl sites for hydroxylation is 1. The summed E-state index contributed by atoms with van der Waals surface area (Å²) in [5.41, 5.74) is 1.90. The molecule has 3 rings (SSSR count). The number of rotatable bonds is 3. The highest BCUT2D eigenvalue weighted by molar-refractivity contribution is 7.16. The maximum atomic E-state index is 12.7. The fourth-order valence-corrected chi connectivity index (χ4v) is 5.15. The van der Waals surface area contributed by atoms with E-state index in [9.17, 15) is 10.1 Å². The van der Waals surface area contributed by atoms with E-state index >= 15 is 0 Å². The van der Waals surface area contributed by atoms with Gasteiger partial charge in [-0.1, -0.05) is 13.3 Å². The van der Waals surface area contributed by atoms with Crippen molar-refractivity contribution in [1.82, 2.24) is 4.90 Å². The molecule has 5 heteroatoms. The lowest BCUT2D eigenvalue weighted by molar-refractivity contribution is -0.121. The molecule has 1 aliphatic carbocycles. The number of piperidine rings is 1. The zero-order chi connectivity index (χ0) is 17.1. The predicted octanol–water partition coefficient (Wildman–Crippen LogP) is 3.95. The summed E-state index contributed by atoms with van der Waals surface area (Å²) >= 11 is 1.62. The van der Waals surface area contributed by atoms with Gasteiger partial charge in [0.15, 0.2) is 0 Å². The van der Waals surface area contributed by atoms with Crippen molar-refractivity contribution < 1.29 is 4.79 Å². The van der Waals surface area contributed by atoms with E-state index in [1.807, 2.05) is 6.92 Å². The van der Waals surface area contributed by atoms with Crippen LogP contribution in [-0.4, -0.2) is 29.9 Å². The smallest absolute Gasteiger partial charge is 0.242 e. The van der Waals surface area contributed by atoms with Gasteiger partial charge >= 0.3 is 0 Å². The highest BCUT2D eigenvalue weighted by Crippen LogP contribution is 2.37. The van der Waals surface area contributed by atoms with Crippen LogP contribution in [0.1, 0.15) is 62.0 Å². The molecule has 24 heavy (non-hydrogen) atoms. The molecule has 0 bridgehead atoms. The van der Waals surface area contributed by atoms with Crippen LogP contribution < -0.4 is 5.32 Å². The van der Waals surface area contributed by atoms with E-state index in [1.54, 1.807) is 11.3 Å².